The van der Waals surface area contributed by atoms with Gasteiger partial charge in [-0.2, -0.15) is 0 Å². The molecule has 0 unspecified atom stereocenters. The van der Waals surface area contributed by atoms with Crippen molar-refractivity contribution in [2.75, 3.05) is 59.4 Å². The Bertz CT molecular complexity index is 468. The maximum atomic E-state index is 11.5. The van der Waals surface area contributed by atoms with E-state index in [1.807, 2.05) is 30.3 Å². The van der Waals surface area contributed by atoms with Crippen molar-refractivity contribution in [1.82, 2.24) is 5.32 Å². The highest BCUT2D eigenvalue weighted by atomic mass is 16.6. The number of carbonyl (C=O) groups excluding carboxylic acids is 1. The number of hydrogen-bond acceptors (Lipinski definition) is 6. The molecule has 0 saturated carbocycles. The number of alkyl carbamates (subject to hydrolysis) is 1. The monoisotopic (exact) mass is 367 g/mol. The molecule has 7 heteroatoms. The number of benzene rings is 1. The lowest BCUT2D eigenvalue weighted by Crippen LogP contribution is -2.28. The highest BCUT2D eigenvalue weighted by Gasteiger charge is 2.01. The van der Waals surface area contributed by atoms with Crippen molar-refractivity contribution in [3.8, 4) is 0 Å². The van der Waals surface area contributed by atoms with Crippen molar-refractivity contribution in [1.29, 1.82) is 0 Å². The molecule has 0 heterocycles. The molecular formula is C19H29NO6. The minimum atomic E-state index is -0.456. The van der Waals surface area contributed by atoms with E-state index in [1.165, 1.54) is 0 Å². The Morgan fingerprint density at radius 1 is 0.885 bits per heavy atom. The quantitative estimate of drug-likeness (QED) is 0.356. The van der Waals surface area contributed by atoms with E-state index in [4.69, 9.17) is 23.7 Å². The molecule has 1 aromatic carbocycles. The van der Waals surface area contributed by atoms with Crippen LogP contribution >= 0.6 is 0 Å². The lowest BCUT2D eigenvalue weighted by Gasteiger charge is -2.08. The van der Waals surface area contributed by atoms with Crippen molar-refractivity contribution in [3.05, 3.63) is 48.6 Å². The van der Waals surface area contributed by atoms with Crippen LogP contribution in [0.3, 0.4) is 0 Å². The van der Waals surface area contributed by atoms with Gasteiger partial charge in [-0.15, -0.1) is 6.58 Å². The lowest BCUT2D eigenvalue weighted by molar-refractivity contribution is 0.00128. The van der Waals surface area contributed by atoms with Gasteiger partial charge >= 0.3 is 6.09 Å². The van der Waals surface area contributed by atoms with Crippen LogP contribution in [0, 0.1) is 0 Å². The highest BCUT2D eigenvalue weighted by molar-refractivity contribution is 5.67. The van der Waals surface area contributed by atoms with E-state index in [0.29, 0.717) is 59.4 Å². The van der Waals surface area contributed by atoms with Crippen LogP contribution in [-0.4, -0.2) is 65.5 Å². The molecule has 1 N–H and O–H groups in total. The van der Waals surface area contributed by atoms with Gasteiger partial charge in [0.25, 0.3) is 0 Å². The molecular weight excluding hydrogens is 338 g/mol. The molecule has 0 aliphatic rings. The SMILES string of the molecule is C=CCOCCOCCOCCOCCNC(=O)OCc1ccccc1. The summed E-state index contributed by atoms with van der Waals surface area (Å²) in [5.74, 6) is 0. The largest absolute Gasteiger partial charge is 0.445 e. The van der Waals surface area contributed by atoms with Gasteiger partial charge in [-0.1, -0.05) is 36.4 Å². The molecule has 1 rings (SSSR count). The first-order chi connectivity index (χ1) is 12.8. The number of hydrogen-bond donors (Lipinski definition) is 1. The number of amides is 1. The van der Waals surface area contributed by atoms with E-state index >= 15 is 0 Å². The lowest BCUT2D eigenvalue weighted by atomic mass is 10.2. The Morgan fingerprint density at radius 2 is 1.46 bits per heavy atom. The molecule has 0 fully saturated rings. The van der Waals surface area contributed by atoms with Gasteiger partial charge in [0.1, 0.15) is 6.61 Å². The van der Waals surface area contributed by atoms with Gasteiger partial charge in [-0.05, 0) is 5.56 Å². The first-order valence-electron chi connectivity index (χ1n) is 8.69. The third-order valence-electron chi connectivity index (χ3n) is 3.08. The average Bonchev–Trinajstić information content (AvgIpc) is 2.67. The summed E-state index contributed by atoms with van der Waals surface area (Å²) in [4.78, 5) is 11.5. The zero-order valence-electron chi connectivity index (χ0n) is 15.2. The van der Waals surface area contributed by atoms with Crippen LogP contribution in [0.25, 0.3) is 0 Å². The molecule has 0 saturated heterocycles. The fourth-order valence-corrected chi connectivity index (χ4v) is 1.83. The fraction of sp³-hybridized carbons (Fsp3) is 0.526. The second kappa shape index (κ2) is 16.5. The van der Waals surface area contributed by atoms with Crippen LogP contribution in [0.1, 0.15) is 5.56 Å². The number of carbonyl (C=O) groups is 1. The number of nitrogens with one attached hydrogen (secondary N) is 1. The molecule has 0 aliphatic heterocycles. The van der Waals surface area contributed by atoms with E-state index < -0.39 is 6.09 Å². The zero-order valence-corrected chi connectivity index (χ0v) is 15.2. The minimum absolute atomic E-state index is 0.254. The summed E-state index contributed by atoms with van der Waals surface area (Å²) in [6.07, 6.45) is 1.25. The van der Waals surface area contributed by atoms with Crippen molar-refractivity contribution >= 4 is 6.09 Å². The summed E-state index contributed by atoms with van der Waals surface area (Å²) in [7, 11) is 0. The van der Waals surface area contributed by atoms with E-state index in [0.717, 1.165) is 5.56 Å². The summed E-state index contributed by atoms with van der Waals surface area (Å²) in [5.41, 5.74) is 0.948. The average molecular weight is 367 g/mol. The second-order valence-electron chi connectivity index (χ2n) is 5.19. The first-order valence-corrected chi connectivity index (χ1v) is 8.69. The first kappa shape index (κ1) is 22.1. The van der Waals surface area contributed by atoms with Crippen LogP contribution in [0.2, 0.25) is 0 Å². The third-order valence-corrected chi connectivity index (χ3v) is 3.08. The van der Waals surface area contributed by atoms with Crippen LogP contribution in [0.15, 0.2) is 43.0 Å². The Balaban J connectivity index is 1.79. The molecule has 7 nitrogen and oxygen atoms in total. The van der Waals surface area contributed by atoms with Crippen LogP contribution in [0.4, 0.5) is 4.79 Å². The van der Waals surface area contributed by atoms with Gasteiger partial charge < -0.3 is 29.0 Å². The van der Waals surface area contributed by atoms with Crippen molar-refractivity contribution in [3.63, 3.8) is 0 Å². The molecule has 0 aromatic heterocycles. The maximum absolute atomic E-state index is 11.5. The topological polar surface area (TPSA) is 75.3 Å². The minimum Gasteiger partial charge on any atom is -0.445 e. The summed E-state index contributed by atoms with van der Waals surface area (Å²) < 4.78 is 26.3. The van der Waals surface area contributed by atoms with Gasteiger partial charge in [0.05, 0.1) is 52.9 Å². The summed E-state index contributed by atoms with van der Waals surface area (Å²) in [6, 6.07) is 9.52. The van der Waals surface area contributed by atoms with Gasteiger partial charge in [-0.25, -0.2) is 4.79 Å². The van der Waals surface area contributed by atoms with Crippen molar-refractivity contribution in [2.24, 2.45) is 0 Å². The van der Waals surface area contributed by atoms with Crippen LogP contribution < -0.4 is 5.32 Å². The van der Waals surface area contributed by atoms with E-state index in [-0.39, 0.29) is 6.61 Å². The van der Waals surface area contributed by atoms with Gasteiger partial charge in [0.15, 0.2) is 0 Å². The fourth-order valence-electron chi connectivity index (χ4n) is 1.83. The van der Waals surface area contributed by atoms with Gasteiger partial charge in [0.2, 0.25) is 0 Å². The molecule has 146 valence electrons. The number of ether oxygens (including phenoxy) is 5. The highest BCUT2D eigenvalue weighted by Crippen LogP contribution is 2.00. The summed E-state index contributed by atoms with van der Waals surface area (Å²) >= 11 is 0. The summed E-state index contributed by atoms with van der Waals surface area (Å²) in [6.45, 7) is 8.21. The molecule has 0 atom stereocenters. The molecule has 1 aromatic rings. The normalized spacial score (nSPS) is 10.5. The Morgan fingerprint density at radius 3 is 2.08 bits per heavy atom. The third kappa shape index (κ3) is 13.4. The Hall–Kier alpha value is -1.93. The van der Waals surface area contributed by atoms with E-state index in [9.17, 15) is 4.79 Å². The predicted octanol–water partition coefficient (Wildman–Crippen LogP) is 2.17. The molecule has 0 aliphatic carbocycles. The Kier molecular flexibility index (Phi) is 14.1. The van der Waals surface area contributed by atoms with Crippen molar-refractivity contribution < 1.29 is 28.5 Å². The smallest absolute Gasteiger partial charge is 0.407 e. The standard InChI is InChI=1S/C19H29NO6/c1-2-9-22-11-13-24-15-16-25-14-12-23-10-8-20-19(21)26-17-18-6-4-3-5-7-18/h2-7H,1,8-17H2,(H,20,21). The zero-order chi connectivity index (χ0) is 18.7. The maximum Gasteiger partial charge on any atom is 0.407 e. The van der Waals surface area contributed by atoms with Crippen molar-refractivity contribution in [2.45, 2.75) is 6.61 Å². The predicted molar refractivity (Wildman–Crippen MR) is 98.1 cm³/mol. The number of rotatable bonds is 16. The Labute approximate surface area is 155 Å². The molecule has 26 heavy (non-hydrogen) atoms. The van der Waals surface area contributed by atoms with Crippen LogP contribution in [0.5, 0.6) is 0 Å². The molecule has 1 amide bonds. The van der Waals surface area contributed by atoms with E-state index in [2.05, 4.69) is 11.9 Å². The molecule has 0 spiro atoms. The van der Waals surface area contributed by atoms with Crippen LogP contribution in [-0.2, 0) is 30.3 Å². The molecule has 0 bridgehead atoms. The van der Waals surface area contributed by atoms with E-state index in [1.54, 1.807) is 6.08 Å². The van der Waals surface area contributed by atoms with Gasteiger partial charge in [-0.3, -0.25) is 0 Å². The van der Waals surface area contributed by atoms with Gasteiger partial charge in [0, 0.05) is 6.54 Å². The molecule has 0 radical (unpaired) electrons. The summed E-state index contributed by atoms with van der Waals surface area (Å²) in [5, 5.41) is 2.63. The second-order valence-corrected chi connectivity index (χ2v) is 5.19.